The first-order valence-corrected chi connectivity index (χ1v) is 6.26. The second kappa shape index (κ2) is 7.18. The van der Waals surface area contributed by atoms with Crippen molar-refractivity contribution in [1.29, 1.82) is 0 Å². The van der Waals surface area contributed by atoms with Gasteiger partial charge in [-0.15, -0.1) is 0 Å². The largest absolute Gasteiger partial charge is 0.449 e. The van der Waals surface area contributed by atoms with Crippen molar-refractivity contribution >= 4 is 40.7 Å². The molecule has 98 valence electrons. The number of carbonyl (C=O) groups excluding carboxylic acids is 1. The fraction of sp³-hybridized carbons (Fsp3) is 0.333. The number of amides is 1. The van der Waals surface area contributed by atoms with E-state index in [9.17, 15) is 4.79 Å². The van der Waals surface area contributed by atoms with Crippen LogP contribution in [0.15, 0.2) is 24.3 Å². The van der Waals surface area contributed by atoms with E-state index in [4.69, 9.17) is 28.6 Å². The van der Waals surface area contributed by atoms with E-state index >= 15 is 0 Å². The van der Waals surface area contributed by atoms with E-state index in [-0.39, 0.29) is 11.0 Å². The van der Waals surface area contributed by atoms with Gasteiger partial charge in [0.15, 0.2) is 5.11 Å². The third-order valence-electron chi connectivity index (χ3n) is 1.85. The molecule has 0 radical (unpaired) electrons. The molecule has 1 aromatic rings. The molecule has 0 bridgehead atoms. The van der Waals surface area contributed by atoms with Gasteiger partial charge in [-0.1, -0.05) is 31.5 Å². The maximum Gasteiger partial charge on any atom is 0.413 e. The zero-order valence-corrected chi connectivity index (χ0v) is 11.8. The highest BCUT2D eigenvalue weighted by Crippen LogP contribution is 2.14. The number of anilines is 1. The molecule has 1 rings (SSSR count). The molecule has 0 unspecified atom stereocenters. The Morgan fingerprint density at radius 1 is 1.50 bits per heavy atom. The summed E-state index contributed by atoms with van der Waals surface area (Å²) >= 11 is 10.8. The molecule has 0 spiro atoms. The number of nitrogens with one attached hydrogen (secondary N) is 2. The Hall–Kier alpha value is -1.33. The standard InChI is InChI=1S/C12H15ClN2O2S/c1-8(2)7-17-12(16)15-11(18)14-10-5-3-4-9(13)6-10/h3-6,8H,7H2,1-2H3,(H2,14,15,16,18). The van der Waals surface area contributed by atoms with Gasteiger partial charge in [-0.3, -0.25) is 5.32 Å². The summed E-state index contributed by atoms with van der Waals surface area (Å²) in [7, 11) is 0. The Bertz CT molecular complexity index is 438. The Morgan fingerprint density at radius 3 is 2.83 bits per heavy atom. The van der Waals surface area contributed by atoms with Gasteiger partial charge >= 0.3 is 6.09 Å². The zero-order chi connectivity index (χ0) is 13.5. The second-order valence-corrected chi connectivity index (χ2v) is 4.93. The van der Waals surface area contributed by atoms with Gasteiger partial charge in [-0.2, -0.15) is 0 Å². The first-order valence-electron chi connectivity index (χ1n) is 5.47. The average molecular weight is 287 g/mol. The fourth-order valence-corrected chi connectivity index (χ4v) is 1.49. The zero-order valence-electron chi connectivity index (χ0n) is 10.2. The molecule has 4 nitrogen and oxygen atoms in total. The van der Waals surface area contributed by atoms with Crippen LogP contribution < -0.4 is 10.6 Å². The van der Waals surface area contributed by atoms with Crippen LogP contribution in [0.25, 0.3) is 0 Å². The van der Waals surface area contributed by atoms with Gasteiger partial charge < -0.3 is 10.1 Å². The van der Waals surface area contributed by atoms with Gasteiger partial charge in [0.1, 0.15) is 0 Å². The summed E-state index contributed by atoms with van der Waals surface area (Å²) in [4.78, 5) is 11.3. The van der Waals surface area contributed by atoms with Crippen LogP contribution in [-0.4, -0.2) is 17.8 Å². The van der Waals surface area contributed by atoms with E-state index in [1.54, 1.807) is 24.3 Å². The van der Waals surface area contributed by atoms with E-state index in [0.717, 1.165) is 0 Å². The van der Waals surface area contributed by atoms with Crippen LogP contribution in [-0.2, 0) is 4.74 Å². The van der Waals surface area contributed by atoms with Gasteiger partial charge in [0.05, 0.1) is 6.61 Å². The Morgan fingerprint density at radius 2 is 2.22 bits per heavy atom. The monoisotopic (exact) mass is 286 g/mol. The second-order valence-electron chi connectivity index (χ2n) is 4.08. The van der Waals surface area contributed by atoms with E-state index in [2.05, 4.69) is 10.6 Å². The molecule has 6 heteroatoms. The van der Waals surface area contributed by atoms with Crippen LogP contribution in [0.1, 0.15) is 13.8 Å². The smallest absolute Gasteiger partial charge is 0.413 e. The molecule has 0 saturated carbocycles. The molecule has 18 heavy (non-hydrogen) atoms. The summed E-state index contributed by atoms with van der Waals surface area (Å²) in [5, 5.41) is 6.02. The van der Waals surface area contributed by atoms with Crippen molar-refractivity contribution in [1.82, 2.24) is 5.32 Å². The summed E-state index contributed by atoms with van der Waals surface area (Å²) in [5.74, 6) is 0.283. The molecular formula is C12H15ClN2O2S. The van der Waals surface area contributed by atoms with Gasteiger partial charge in [0.2, 0.25) is 0 Å². The predicted molar refractivity (Wildman–Crippen MR) is 77.0 cm³/mol. The van der Waals surface area contributed by atoms with Gasteiger partial charge in [0, 0.05) is 10.7 Å². The van der Waals surface area contributed by atoms with Crippen LogP contribution in [0.4, 0.5) is 10.5 Å². The summed E-state index contributed by atoms with van der Waals surface area (Å²) < 4.78 is 4.93. The Labute approximate surface area is 117 Å². The molecule has 0 aliphatic heterocycles. The molecule has 2 N–H and O–H groups in total. The van der Waals surface area contributed by atoms with Crippen molar-refractivity contribution < 1.29 is 9.53 Å². The molecule has 1 aromatic carbocycles. The predicted octanol–water partition coefficient (Wildman–Crippen LogP) is 3.42. The molecule has 0 fully saturated rings. The number of thiocarbonyl (C=S) groups is 1. The van der Waals surface area contributed by atoms with Crippen LogP contribution in [0, 0.1) is 5.92 Å². The first kappa shape index (κ1) is 14.7. The summed E-state index contributed by atoms with van der Waals surface area (Å²) in [5.41, 5.74) is 0.705. The normalized spacial score (nSPS) is 10.0. The van der Waals surface area contributed by atoms with Crippen molar-refractivity contribution in [3.8, 4) is 0 Å². The summed E-state index contributed by atoms with van der Waals surface area (Å²) in [6, 6.07) is 7.03. The van der Waals surface area contributed by atoms with Crippen molar-refractivity contribution in [2.45, 2.75) is 13.8 Å². The number of benzene rings is 1. The highest BCUT2D eigenvalue weighted by atomic mass is 35.5. The average Bonchev–Trinajstić information content (AvgIpc) is 2.26. The minimum atomic E-state index is -0.566. The van der Waals surface area contributed by atoms with E-state index < -0.39 is 6.09 Å². The maximum absolute atomic E-state index is 11.3. The number of carbonyl (C=O) groups is 1. The van der Waals surface area contributed by atoms with Gasteiger partial charge in [-0.25, -0.2) is 4.79 Å². The van der Waals surface area contributed by atoms with Crippen molar-refractivity contribution in [2.24, 2.45) is 5.92 Å². The molecule has 0 saturated heterocycles. The first-order chi connectivity index (χ1) is 8.47. The molecule has 1 amide bonds. The lowest BCUT2D eigenvalue weighted by atomic mass is 10.2. The number of hydrogen-bond acceptors (Lipinski definition) is 3. The molecule has 0 aliphatic carbocycles. The molecule has 0 aromatic heterocycles. The minimum Gasteiger partial charge on any atom is -0.449 e. The number of rotatable bonds is 3. The SMILES string of the molecule is CC(C)COC(=O)NC(=S)Nc1cccc(Cl)c1. The van der Waals surface area contributed by atoms with Crippen LogP contribution in [0.5, 0.6) is 0 Å². The topological polar surface area (TPSA) is 50.4 Å². The van der Waals surface area contributed by atoms with E-state index in [1.165, 1.54) is 0 Å². The van der Waals surface area contributed by atoms with Crippen molar-refractivity contribution in [3.05, 3.63) is 29.3 Å². The summed E-state index contributed by atoms with van der Waals surface area (Å²) in [6.45, 7) is 4.26. The minimum absolute atomic E-state index is 0.172. The summed E-state index contributed by atoms with van der Waals surface area (Å²) in [6.07, 6.45) is -0.566. The number of ether oxygens (including phenoxy) is 1. The quantitative estimate of drug-likeness (QED) is 0.836. The Balaban J connectivity index is 2.40. The number of halogens is 1. The lowest BCUT2D eigenvalue weighted by Gasteiger charge is -2.11. The van der Waals surface area contributed by atoms with Crippen molar-refractivity contribution in [2.75, 3.05) is 11.9 Å². The molecule has 0 heterocycles. The van der Waals surface area contributed by atoms with Crippen LogP contribution >= 0.6 is 23.8 Å². The van der Waals surface area contributed by atoms with Crippen LogP contribution in [0.3, 0.4) is 0 Å². The lowest BCUT2D eigenvalue weighted by Crippen LogP contribution is -2.35. The highest BCUT2D eigenvalue weighted by Gasteiger charge is 2.06. The lowest BCUT2D eigenvalue weighted by molar-refractivity contribution is 0.138. The maximum atomic E-state index is 11.3. The van der Waals surface area contributed by atoms with E-state index in [0.29, 0.717) is 17.3 Å². The molecular weight excluding hydrogens is 272 g/mol. The fourth-order valence-electron chi connectivity index (χ4n) is 1.10. The van der Waals surface area contributed by atoms with Gasteiger partial charge in [-0.05, 0) is 36.3 Å². The van der Waals surface area contributed by atoms with E-state index in [1.807, 2.05) is 13.8 Å². The third kappa shape index (κ3) is 5.84. The van der Waals surface area contributed by atoms with Crippen molar-refractivity contribution in [3.63, 3.8) is 0 Å². The third-order valence-corrected chi connectivity index (χ3v) is 2.29. The number of hydrogen-bond donors (Lipinski definition) is 2. The highest BCUT2D eigenvalue weighted by molar-refractivity contribution is 7.80. The Kier molecular flexibility index (Phi) is 5.88. The van der Waals surface area contributed by atoms with Crippen LogP contribution in [0.2, 0.25) is 5.02 Å². The molecule has 0 aliphatic rings. The number of alkyl carbamates (subject to hydrolysis) is 1. The van der Waals surface area contributed by atoms with Gasteiger partial charge in [0.25, 0.3) is 0 Å². The molecule has 0 atom stereocenters.